The van der Waals surface area contributed by atoms with Crippen LogP contribution >= 0.6 is 0 Å². The van der Waals surface area contributed by atoms with E-state index in [0.29, 0.717) is 31.9 Å². The van der Waals surface area contributed by atoms with Crippen LogP contribution in [0.4, 0.5) is 0 Å². The maximum Gasteiger partial charge on any atom is 0.151 e. The van der Waals surface area contributed by atoms with Crippen molar-refractivity contribution in [3.63, 3.8) is 0 Å². The Morgan fingerprint density at radius 3 is 2.76 bits per heavy atom. The van der Waals surface area contributed by atoms with Crippen LogP contribution in [0.1, 0.15) is 12.8 Å². The average Bonchev–Trinajstić information content (AvgIpc) is 2.68. The van der Waals surface area contributed by atoms with Crippen molar-refractivity contribution in [2.75, 3.05) is 51.0 Å². The lowest BCUT2D eigenvalue weighted by Crippen LogP contribution is -2.42. The molecule has 0 saturated carbocycles. The fourth-order valence-electron chi connectivity index (χ4n) is 2.57. The molecular formula is C11H21NO4S. The van der Waals surface area contributed by atoms with E-state index in [2.05, 4.69) is 4.90 Å². The highest BCUT2D eigenvalue weighted by atomic mass is 32.2. The zero-order valence-corrected chi connectivity index (χ0v) is 10.9. The van der Waals surface area contributed by atoms with E-state index < -0.39 is 9.84 Å². The second-order valence-electron chi connectivity index (χ2n) is 5.24. The lowest BCUT2D eigenvalue weighted by atomic mass is 9.87. The zero-order chi connectivity index (χ0) is 12.4. The molecule has 6 heteroatoms. The molecule has 0 aromatic carbocycles. The third-order valence-corrected chi connectivity index (χ3v) is 5.44. The summed E-state index contributed by atoms with van der Waals surface area (Å²) < 4.78 is 28.4. The first-order valence-electron chi connectivity index (χ1n) is 6.17. The van der Waals surface area contributed by atoms with Crippen molar-refractivity contribution in [1.82, 2.24) is 4.90 Å². The summed E-state index contributed by atoms with van der Waals surface area (Å²) in [5.41, 5.74) is -0.173. The van der Waals surface area contributed by atoms with Gasteiger partial charge >= 0.3 is 0 Å². The van der Waals surface area contributed by atoms with Crippen molar-refractivity contribution in [2.45, 2.75) is 12.8 Å². The van der Waals surface area contributed by atoms with Crippen LogP contribution in [0.25, 0.3) is 0 Å². The number of hydrogen-bond donors (Lipinski definition) is 1. The van der Waals surface area contributed by atoms with E-state index in [1.165, 1.54) is 0 Å². The number of hydrogen-bond acceptors (Lipinski definition) is 5. The molecule has 0 radical (unpaired) electrons. The van der Waals surface area contributed by atoms with Gasteiger partial charge in [-0.1, -0.05) is 0 Å². The predicted molar refractivity (Wildman–Crippen MR) is 64.7 cm³/mol. The van der Waals surface area contributed by atoms with Crippen molar-refractivity contribution in [3.05, 3.63) is 0 Å². The van der Waals surface area contributed by atoms with Crippen LogP contribution < -0.4 is 0 Å². The molecule has 1 atom stereocenters. The van der Waals surface area contributed by atoms with Gasteiger partial charge in [-0.25, -0.2) is 8.42 Å². The minimum absolute atomic E-state index is 0.121. The Bertz CT molecular complexity index is 348. The van der Waals surface area contributed by atoms with E-state index >= 15 is 0 Å². The van der Waals surface area contributed by atoms with Gasteiger partial charge in [0.15, 0.2) is 9.84 Å². The van der Waals surface area contributed by atoms with E-state index in [1.807, 2.05) is 0 Å². The van der Waals surface area contributed by atoms with Crippen LogP contribution in [-0.4, -0.2) is 69.4 Å². The Morgan fingerprint density at radius 2 is 2.12 bits per heavy atom. The van der Waals surface area contributed by atoms with Gasteiger partial charge in [-0.2, -0.15) is 0 Å². The Balaban J connectivity index is 1.94. The normalized spacial score (nSPS) is 34.6. The molecule has 2 aliphatic heterocycles. The molecule has 5 nitrogen and oxygen atoms in total. The Hall–Kier alpha value is -0.170. The van der Waals surface area contributed by atoms with Crippen molar-refractivity contribution in [1.29, 1.82) is 0 Å². The zero-order valence-electron chi connectivity index (χ0n) is 10.1. The van der Waals surface area contributed by atoms with E-state index in [-0.39, 0.29) is 17.8 Å². The van der Waals surface area contributed by atoms with Gasteiger partial charge in [0.1, 0.15) is 0 Å². The summed E-state index contributed by atoms with van der Waals surface area (Å²) in [6, 6.07) is 0. The van der Waals surface area contributed by atoms with Crippen molar-refractivity contribution in [2.24, 2.45) is 5.41 Å². The molecule has 0 aliphatic carbocycles. The molecular weight excluding hydrogens is 242 g/mol. The number of sulfone groups is 1. The SMILES string of the molecule is O=S1(=O)CCCN(CC2(CO)CCOC2)CC1. The first-order valence-corrected chi connectivity index (χ1v) is 7.99. The molecule has 0 aromatic rings. The average molecular weight is 263 g/mol. The van der Waals surface area contributed by atoms with Gasteiger partial charge < -0.3 is 14.7 Å². The largest absolute Gasteiger partial charge is 0.396 e. The van der Waals surface area contributed by atoms with Crippen LogP contribution in [0, 0.1) is 5.41 Å². The Labute approximate surface area is 103 Å². The summed E-state index contributed by atoms with van der Waals surface area (Å²) in [6.45, 7) is 3.56. The summed E-state index contributed by atoms with van der Waals surface area (Å²) in [4.78, 5) is 2.16. The minimum atomic E-state index is -2.85. The van der Waals surface area contributed by atoms with Crippen LogP contribution in [-0.2, 0) is 14.6 Å². The van der Waals surface area contributed by atoms with E-state index in [4.69, 9.17) is 4.74 Å². The number of nitrogens with zero attached hydrogens (tertiary/aromatic N) is 1. The fourth-order valence-corrected chi connectivity index (χ4v) is 3.88. The standard InChI is InChI=1S/C11H21NO4S/c13-9-11(2-5-16-10-11)8-12-3-1-6-17(14,15)7-4-12/h13H,1-10H2. The number of aliphatic hydroxyl groups is 1. The van der Waals surface area contributed by atoms with Gasteiger partial charge in [0.2, 0.25) is 0 Å². The maximum absolute atomic E-state index is 11.5. The highest BCUT2D eigenvalue weighted by Crippen LogP contribution is 2.29. The van der Waals surface area contributed by atoms with E-state index in [9.17, 15) is 13.5 Å². The maximum atomic E-state index is 11.5. The summed E-state index contributed by atoms with van der Waals surface area (Å²) >= 11 is 0. The highest BCUT2D eigenvalue weighted by Gasteiger charge is 2.36. The van der Waals surface area contributed by atoms with E-state index in [1.54, 1.807) is 0 Å². The first-order chi connectivity index (χ1) is 8.05. The molecule has 1 unspecified atom stereocenters. The van der Waals surface area contributed by atoms with Crippen LogP contribution in [0.15, 0.2) is 0 Å². The predicted octanol–water partition coefficient (Wildman–Crippen LogP) is -0.494. The molecule has 2 aliphatic rings. The molecule has 1 N–H and O–H groups in total. The highest BCUT2D eigenvalue weighted by molar-refractivity contribution is 7.91. The van der Waals surface area contributed by atoms with Crippen LogP contribution in [0.2, 0.25) is 0 Å². The van der Waals surface area contributed by atoms with Crippen molar-refractivity contribution < 1.29 is 18.3 Å². The Kier molecular flexibility index (Phi) is 4.07. The lowest BCUT2D eigenvalue weighted by molar-refractivity contribution is 0.0591. The van der Waals surface area contributed by atoms with Crippen LogP contribution in [0.3, 0.4) is 0 Å². The quantitative estimate of drug-likeness (QED) is 0.744. The first kappa shape index (κ1) is 13.3. The Morgan fingerprint density at radius 1 is 1.29 bits per heavy atom. The smallest absolute Gasteiger partial charge is 0.151 e. The fraction of sp³-hybridized carbons (Fsp3) is 1.00. The van der Waals surface area contributed by atoms with Gasteiger partial charge in [-0.3, -0.25) is 0 Å². The molecule has 0 amide bonds. The minimum Gasteiger partial charge on any atom is -0.396 e. The molecule has 2 rings (SSSR count). The third-order valence-electron chi connectivity index (χ3n) is 3.73. The second kappa shape index (κ2) is 5.22. The molecule has 2 heterocycles. The van der Waals surface area contributed by atoms with Gasteiger partial charge in [-0.15, -0.1) is 0 Å². The molecule has 0 bridgehead atoms. The lowest BCUT2D eigenvalue weighted by Gasteiger charge is -2.31. The van der Waals surface area contributed by atoms with Gasteiger partial charge in [-0.05, 0) is 19.4 Å². The molecule has 100 valence electrons. The van der Waals surface area contributed by atoms with Crippen molar-refractivity contribution >= 4 is 9.84 Å². The molecule has 0 aromatic heterocycles. The van der Waals surface area contributed by atoms with Gasteiger partial charge in [0.05, 0.1) is 24.7 Å². The van der Waals surface area contributed by atoms with Crippen LogP contribution in [0.5, 0.6) is 0 Å². The third kappa shape index (κ3) is 3.40. The summed E-state index contributed by atoms with van der Waals surface area (Å²) in [5, 5.41) is 9.50. The molecule has 17 heavy (non-hydrogen) atoms. The van der Waals surface area contributed by atoms with E-state index in [0.717, 1.165) is 19.5 Å². The topological polar surface area (TPSA) is 66.8 Å². The van der Waals surface area contributed by atoms with Crippen molar-refractivity contribution in [3.8, 4) is 0 Å². The van der Waals surface area contributed by atoms with Gasteiger partial charge in [0.25, 0.3) is 0 Å². The number of aliphatic hydroxyl groups excluding tert-OH is 1. The number of rotatable bonds is 3. The second-order valence-corrected chi connectivity index (χ2v) is 7.55. The summed E-state index contributed by atoms with van der Waals surface area (Å²) in [7, 11) is -2.85. The van der Waals surface area contributed by atoms with Gasteiger partial charge in [0, 0.05) is 25.1 Å². The molecule has 2 saturated heterocycles. The summed E-state index contributed by atoms with van der Waals surface area (Å²) in [5.74, 6) is 0.543. The molecule has 0 spiro atoms. The monoisotopic (exact) mass is 263 g/mol. The summed E-state index contributed by atoms with van der Waals surface area (Å²) in [6.07, 6.45) is 1.57. The molecule has 2 fully saturated rings. The number of ether oxygens (including phenoxy) is 1.